The Labute approximate surface area is 132 Å². The first-order valence-corrected chi connectivity index (χ1v) is 7.68. The lowest BCUT2D eigenvalue weighted by molar-refractivity contribution is 0.111. The van der Waals surface area contributed by atoms with Crippen molar-refractivity contribution in [1.29, 1.82) is 0 Å². The molecule has 0 spiro atoms. The molecule has 4 heteroatoms. The third-order valence-corrected chi connectivity index (χ3v) is 3.99. The second kappa shape index (κ2) is 6.31. The zero-order chi connectivity index (χ0) is 14.7. The third-order valence-electron chi connectivity index (χ3n) is 3.50. The van der Waals surface area contributed by atoms with Crippen LogP contribution in [0.4, 0.5) is 0 Å². The Morgan fingerprint density at radius 1 is 1.24 bits per heavy atom. The minimum absolute atomic E-state index is 0.544. The van der Waals surface area contributed by atoms with Crippen molar-refractivity contribution >= 4 is 22.2 Å². The summed E-state index contributed by atoms with van der Waals surface area (Å²) in [5.74, 6) is 1.62. The summed E-state index contributed by atoms with van der Waals surface area (Å²) in [5.41, 5.74) is 3.06. The fourth-order valence-electron chi connectivity index (χ4n) is 2.42. The lowest BCUT2D eigenvalue weighted by atomic mass is 10.1. The minimum Gasteiger partial charge on any atom is -0.493 e. The van der Waals surface area contributed by atoms with Gasteiger partial charge in [-0.2, -0.15) is 0 Å². The molecule has 0 atom stereocenters. The molecule has 0 aliphatic carbocycles. The molecule has 3 nitrogen and oxygen atoms in total. The molecule has 3 rings (SSSR count). The first kappa shape index (κ1) is 14.1. The Morgan fingerprint density at radius 2 is 2.14 bits per heavy atom. The van der Waals surface area contributed by atoms with Crippen molar-refractivity contribution in [2.24, 2.45) is 0 Å². The first-order chi connectivity index (χ1) is 10.3. The average molecular weight is 347 g/mol. The van der Waals surface area contributed by atoms with E-state index >= 15 is 0 Å². The Morgan fingerprint density at radius 3 is 3.00 bits per heavy atom. The number of carbonyl (C=O) groups excluding carboxylic acids is 1. The van der Waals surface area contributed by atoms with Gasteiger partial charge in [-0.25, -0.2) is 0 Å². The van der Waals surface area contributed by atoms with Gasteiger partial charge < -0.3 is 9.47 Å². The summed E-state index contributed by atoms with van der Waals surface area (Å²) in [6.45, 7) is 1.32. The van der Waals surface area contributed by atoms with E-state index in [1.54, 1.807) is 6.07 Å². The van der Waals surface area contributed by atoms with Gasteiger partial charge in [0.15, 0.2) is 6.29 Å². The van der Waals surface area contributed by atoms with Crippen molar-refractivity contribution in [1.82, 2.24) is 0 Å². The Kier molecular flexibility index (Phi) is 4.25. The Hall–Kier alpha value is -1.81. The molecular weight excluding hydrogens is 332 g/mol. The Bertz CT molecular complexity index is 667. The van der Waals surface area contributed by atoms with E-state index in [9.17, 15) is 4.79 Å². The molecular formula is C17H15BrO3. The molecule has 1 heterocycles. The van der Waals surface area contributed by atoms with Gasteiger partial charge in [-0.1, -0.05) is 28.1 Å². The summed E-state index contributed by atoms with van der Waals surface area (Å²) in [5, 5.41) is 0. The van der Waals surface area contributed by atoms with Gasteiger partial charge in [0, 0.05) is 17.3 Å². The topological polar surface area (TPSA) is 35.5 Å². The fraction of sp³-hybridized carbons (Fsp3) is 0.235. The summed E-state index contributed by atoms with van der Waals surface area (Å²) < 4.78 is 12.1. The maximum atomic E-state index is 11.0. The molecule has 0 radical (unpaired) electrons. The quantitative estimate of drug-likeness (QED) is 0.772. The van der Waals surface area contributed by atoms with Crippen molar-refractivity contribution < 1.29 is 14.3 Å². The van der Waals surface area contributed by atoms with Crippen LogP contribution in [-0.2, 0) is 12.8 Å². The van der Waals surface area contributed by atoms with E-state index in [2.05, 4.69) is 28.1 Å². The van der Waals surface area contributed by atoms with E-state index in [1.165, 1.54) is 11.1 Å². The van der Waals surface area contributed by atoms with Crippen LogP contribution in [-0.4, -0.2) is 19.5 Å². The monoisotopic (exact) mass is 346 g/mol. The number of ether oxygens (including phenoxy) is 2. The van der Waals surface area contributed by atoms with E-state index in [-0.39, 0.29) is 0 Å². The summed E-state index contributed by atoms with van der Waals surface area (Å²) >= 11 is 3.34. The van der Waals surface area contributed by atoms with Crippen LogP contribution in [0.2, 0.25) is 0 Å². The van der Waals surface area contributed by atoms with Crippen molar-refractivity contribution in [3.8, 4) is 11.5 Å². The summed E-state index contributed by atoms with van der Waals surface area (Å²) in [7, 11) is 0. The molecule has 1 aliphatic rings. The van der Waals surface area contributed by atoms with Crippen LogP contribution < -0.4 is 9.47 Å². The smallest absolute Gasteiger partial charge is 0.153 e. The number of benzene rings is 2. The van der Waals surface area contributed by atoms with E-state index < -0.39 is 0 Å². The second-order valence-electron chi connectivity index (χ2n) is 4.94. The molecule has 21 heavy (non-hydrogen) atoms. The molecule has 0 amide bonds. The zero-order valence-electron chi connectivity index (χ0n) is 11.5. The third kappa shape index (κ3) is 3.27. The second-order valence-corrected chi connectivity index (χ2v) is 5.85. The highest BCUT2D eigenvalue weighted by atomic mass is 79.9. The summed E-state index contributed by atoms with van der Waals surface area (Å²) in [6.07, 6.45) is 2.60. The highest BCUT2D eigenvalue weighted by Gasteiger charge is 2.12. The zero-order valence-corrected chi connectivity index (χ0v) is 13.1. The number of rotatable bonds is 5. The van der Waals surface area contributed by atoms with Gasteiger partial charge in [0.2, 0.25) is 0 Å². The fourth-order valence-corrected chi connectivity index (χ4v) is 2.80. The van der Waals surface area contributed by atoms with Crippen LogP contribution in [0.1, 0.15) is 21.5 Å². The number of hydrogen-bond donors (Lipinski definition) is 0. The van der Waals surface area contributed by atoms with Gasteiger partial charge in [0.25, 0.3) is 0 Å². The molecule has 2 aromatic rings. The number of carbonyl (C=O) groups is 1. The van der Waals surface area contributed by atoms with Crippen molar-refractivity contribution in [2.75, 3.05) is 13.2 Å². The van der Waals surface area contributed by atoms with Crippen LogP contribution in [0.5, 0.6) is 11.5 Å². The van der Waals surface area contributed by atoms with E-state index in [1.807, 2.05) is 18.2 Å². The summed E-state index contributed by atoms with van der Waals surface area (Å²) in [6, 6.07) is 11.7. The molecule has 0 bridgehead atoms. The van der Waals surface area contributed by atoms with E-state index in [0.717, 1.165) is 36.0 Å². The maximum Gasteiger partial charge on any atom is 0.153 e. The molecule has 0 aromatic heterocycles. The average Bonchev–Trinajstić information content (AvgIpc) is 2.96. The number of fused-ring (bicyclic) bond motifs is 1. The van der Waals surface area contributed by atoms with Crippen LogP contribution >= 0.6 is 15.9 Å². The number of halogens is 1. The summed E-state index contributed by atoms with van der Waals surface area (Å²) in [4.78, 5) is 11.0. The van der Waals surface area contributed by atoms with Crippen LogP contribution in [0.15, 0.2) is 40.9 Å². The standard InChI is InChI=1S/C17H15BrO3/c18-15-2-4-17(14(10-15)11-19)20-7-5-12-1-3-16-13(9-12)6-8-21-16/h1-4,9-11H,5-8H2. The normalized spacial score (nSPS) is 12.6. The van der Waals surface area contributed by atoms with E-state index in [0.29, 0.717) is 17.9 Å². The van der Waals surface area contributed by atoms with Gasteiger partial charge in [0.05, 0.1) is 18.8 Å². The van der Waals surface area contributed by atoms with Gasteiger partial charge >= 0.3 is 0 Å². The SMILES string of the molecule is O=Cc1cc(Br)ccc1OCCc1ccc2c(c1)CCO2. The minimum atomic E-state index is 0.544. The predicted molar refractivity (Wildman–Crippen MR) is 84.4 cm³/mol. The van der Waals surface area contributed by atoms with Crippen molar-refractivity contribution in [3.05, 3.63) is 57.6 Å². The number of hydrogen-bond acceptors (Lipinski definition) is 3. The van der Waals surface area contributed by atoms with Crippen molar-refractivity contribution in [2.45, 2.75) is 12.8 Å². The predicted octanol–water partition coefficient (Wildman–Crippen LogP) is 3.82. The first-order valence-electron chi connectivity index (χ1n) is 6.88. The highest BCUT2D eigenvalue weighted by Crippen LogP contribution is 2.26. The highest BCUT2D eigenvalue weighted by molar-refractivity contribution is 9.10. The molecule has 2 aromatic carbocycles. The lowest BCUT2D eigenvalue weighted by Crippen LogP contribution is -2.03. The molecule has 0 unspecified atom stereocenters. The van der Waals surface area contributed by atoms with Crippen LogP contribution in [0, 0.1) is 0 Å². The van der Waals surface area contributed by atoms with Crippen LogP contribution in [0.25, 0.3) is 0 Å². The lowest BCUT2D eigenvalue weighted by Gasteiger charge is -2.09. The molecule has 108 valence electrons. The van der Waals surface area contributed by atoms with Gasteiger partial charge in [-0.3, -0.25) is 4.79 Å². The molecule has 0 saturated carbocycles. The van der Waals surface area contributed by atoms with Gasteiger partial charge in [0.1, 0.15) is 11.5 Å². The van der Waals surface area contributed by atoms with Crippen molar-refractivity contribution in [3.63, 3.8) is 0 Å². The maximum absolute atomic E-state index is 11.0. The molecule has 0 N–H and O–H groups in total. The van der Waals surface area contributed by atoms with E-state index in [4.69, 9.17) is 9.47 Å². The van der Waals surface area contributed by atoms with Gasteiger partial charge in [-0.15, -0.1) is 0 Å². The van der Waals surface area contributed by atoms with Gasteiger partial charge in [-0.05, 0) is 35.4 Å². The molecule has 0 fully saturated rings. The molecule has 0 saturated heterocycles. The van der Waals surface area contributed by atoms with Crippen LogP contribution in [0.3, 0.4) is 0 Å². The largest absolute Gasteiger partial charge is 0.493 e. The Balaban J connectivity index is 1.62. The number of aldehydes is 1. The molecule has 1 aliphatic heterocycles.